The van der Waals surface area contributed by atoms with E-state index < -0.39 is 0 Å². The fourth-order valence-electron chi connectivity index (χ4n) is 2.81. The minimum atomic E-state index is -0.123. The lowest BCUT2D eigenvalue weighted by Crippen LogP contribution is -2.12. The van der Waals surface area contributed by atoms with Gasteiger partial charge in [0.25, 0.3) is 5.91 Å². The number of hydrogen-bond donors (Lipinski definition) is 2. The van der Waals surface area contributed by atoms with Crippen LogP contribution in [-0.2, 0) is 0 Å². The first-order valence-corrected chi connectivity index (χ1v) is 7.57. The van der Waals surface area contributed by atoms with Gasteiger partial charge in [0.1, 0.15) is 0 Å². The average molecular weight is 291 g/mol. The molecule has 4 rings (SSSR count). The van der Waals surface area contributed by atoms with E-state index in [9.17, 15) is 4.79 Å². The Morgan fingerprint density at radius 2 is 1.95 bits per heavy atom. The van der Waals surface area contributed by atoms with E-state index in [0.717, 1.165) is 22.0 Å². The smallest absolute Gasteiger partial charge is 0.256 e. The molecule has 0 bridgehead atoms. The highest BCUT2D eigenvalue weighted by Crippen LogP contribution is 2.41. The van der Waals surface area contributed by atoms with Crippen molar-refractivity contribution in [3.63, 3.8) is 0 Å². The van der Waals surface area contributed by atoms with Gasteiger partial charge in [-0.1, -0.05) is 30.3 Å². The van der Waals surface area contributed by atoms with Crippen LogP contribution in [0.1, 0.15) is 40.4 Å². The molecule has 2 N–H and O–H groups in total. The minimum absolute atomic E-state index is 0.123. The van der Waals surface area contributed by atoms with Crippen LogP contribution in [0.5, 0.6) is 0 Å². The van der Waals surface area contributed by atoms with Gasteiger partial charge in [0, 0.05) is 22.7 Å². The number of aromatic amines is 1. The van der Waals surface area contributed by atoms with E-state index >= 15 is 0 Å². The molecule has 4 heteroatoms. The van der Waals surface area contributed by atoms with E-state index in [1.807, 2.05) is 49.4 Å². The quantitative estimate of drug-likeness (QED) is 0.766. The Kier molecular flexibility index (Phi) is 2.96. The number of nitrogens with zero attached hydrogens (tertiary/aromatic N) is 1. The van der Waals surface area contributed by atoms with Gasteiger partial charge in [-0.3, -0.25) is 9.89 Å². The second kappa shape index (κ2) is 4.98. The zero-order valence-corrected chi connectivity index (χ0v) is 12.4. The Labute approximate surface area is 128 Å². The van der Waals surface area contributed by atoms with Crippen molar-refractivity contribution in [3.8, 4) is 0 Å². The molecule has 3 aromatic rings. The summed E-state index contributed by atoms with van der Waals surface area (Å²) in [6.07, 6.45) is 2.42. The number of carbonyl (C=O) groups excluding carboxylic acids is 1. The average Bonchev–Trinajstić information content (AvgIpc) is 3.32. The Morgan fingerprint density at radius 3 is 2.73 bits per heavy atom. The maximum Gasteiger partial charge on any atom is 0.256 e. The molecule has 0 unspecified atom stereocenters. The molecule has 1 fully saturated rings. The molecule has 0 radical (unpaired) electrons. The molecule has 1 amide bonds. The molecule has 0 spiro atoms. The summed E-state index contributed by atoms with van der Waals surface area (Å²) in [5.74, 6) is 1.11. The topological polar surface area (TPSA) is 57.8 Å². The number of hydrogen-bond acceptors (Lipinski definition) is 2. The molecule has 0 atom stereocenters. The van der Waals surface area contributed by atoms with Gasteiger partial charge < -0.3 is 5.32 Å². The van der Waals surface area contributed by atoms with Crippen LogP contribution in [0.2, 0.25) is 0 Å². The summed E-state index contributed by atoms with van der Waals surface area (Å²) < 4.78 is 0. The van der Waals surface area contributed by atoms with Crippen LogP contribution in [0, 0.1) is 6.92 Å². The lowest BCUT2D eigenvalue weighted by molar-refractivity contribution is 0.102. The highest BCUT2D eigenvalue weighted by Gasteiger charge is 2.28. The Hall–Kier alpha value is -2.62. The minimum Gasteiger partial charge on any atom is -0.305 e. The van der Waals surface area contributed by atoms with E-state index in [0.29, 0.717) is 17.3 Å². The van der Waals surface area contributed by atoms with E-state index in [1.165, 1.54) is 12.8 Å². The maximum absolute atomic E-state index is 12.4. The standard InChI is InChI=1S/C18H17N3O/c1-11-16(13-7-8-13)20-21-17(11)19-18(22)15-9-6-12-4-2-3-5-14(12)10-15/h2-6,9-10,13H,7-8H2,1H3,(H2,19,20,21,22). The van der Waals surface area contributed by atoms with Crippen LogP contribution in [-0.4, -0.2) is 16.1 Å². The van der Waals surface area contributed by atoms with Crippen molar-refractivity contribution in [2.75, 3.05) is 5.32 Å². The first-order chi connectivity index (χ1) is 10.7. The van der Waals surface area contributed by atoms with E-state index in [1.54, 1.807) is 0 Å². The van der Waals surface area contributed by atoms with E-state index in [4.69, 9.17) is 0 Å². The van der Waals surface area contributed by atoms with Crippen LogP contribution in [0.3, 0.4) is 0 Å². The number of aromatic nitrogens is 2. The molecular formula is C18H17N3O. The number of carbonyl (C=O) groups is 1. The number of rotatable bonds is 3. The van der Waals surface area contributed by atoms with Crippen molar-refractivity contribution < 1.29 is 4.79 Å². The Morgan fingerprint density at radius 1 is 1.18 bits per heavy atom. The largest absolute Gasteiger partial charge is 0.305 e. The Balaban J connectivity index is 1.60. The van der Waals surface area contributed by atoms with Gasteiger partial charge >= 0.3 is 0 Å². The number of amides is 1. The van der Waals surface area contributed by atoms with Crippen LogP contribution in [0.25, 0.3) is 10.8 Å². The van der Waals surface area contributed by atoms with Crippen LogP contribution < -0.4 is 5.32 Å². The molecule has 0 saturated heterocycles. The second-order valence-electron chi connectivity index (χ2n) is 5.90. The fourth-order valence-corrected chi connectivity index (χ4v) is 2.81. The number of H-pyrrole nitrogens is 1. The molecule has 1 aromatic heterocycles. The van der Waals surface area contributed by atoms with Crippen molar-refractivity contribution in [2.45, 2.75) is 25.7 Å². The summed E-state index contributed by atoms with van der Waals surface area (Å²) in [6, 6.07) is 13.7. The molecule has 110 valence electrons. The SMILES string of the molecule is Cc1c(NC(=O)c2ccc3ccccc3c2)n[nH]c1C1CC1. The number of nitrogens with one attached hydrogen (secondary N) is 2. The molecule has 1 saturated carbocycles. The Bertz CT molecular complexity index is 862. The molecule has 1 aliphatic rings. The van der Waals surface area contributed by atoms with Gasteiger partial charge in [0.15, 0.2) is 5.82 Å². The predicted molar refractivity (Wildman–Crippen MR) is 87.2 cm³/mol. The molecule has 1 aliphatic carbocycles. The van der Waals surface area contributed by atoms with Crippen LogP contribution in [0.4, 0.5) is 5.82 Å². The van der Waals surface area contributed by atoms with Crippen molar-refractivity contribution in [1.82, 2.24) is 10.2 Å². The number of benzene rings is 2. The van der Waals surface area contributed by atoms with Crippen molar-refractivity contribution in [1.29, 1.82) is 0 Å². The predicted octanol–water partition coefficient (Wildman–Crippen LogP) is 4.00. The highest BCUT2D eigenvalue weighted by molar-refractivity contribution is 6.06. The van der Waals surface area contributed by atoms with E-state index in [2.05, 4.69) is 15.5 Å². The summed E-state index contributed by atoms with van der Waals surface area (Å²) >= 11 is 0. The van der Waals surface area contributed by atoms with Crippen LogP contribution >= 0.6 is 0 Å². The third kappa shape index (κ3) is 2.26. The summed E-state index contributed by atoms with van der Waals surface area (Å²) in [6.45, 7) is 2.01. The highest BCUT2D eigenvalue weighted by atomic mass is 16.1. The third-order valence-electron chi connectivity index (χ3n) is 4.28. The summed E-state index contributed by atoms with van der Waals surface area (Å²) in [5, 5.41) is 12.4. The normalized spacial score (nSPS) is 14.2. The van der Waals surface area contributed by atoms with E-state index in [-0.39, 0.29) is 5.91 Å². The molecule has 2 aromatic carbocycles. The molecular weight excluding hydrogens is 274 g/mol. The fraction of sp³-hybridized carbons (Fsp3) is 0.222. The lowest BCUT2D eigenvalue weighted by Gasteiger charge is -2.05. The van der Waals surface area contributed by atoms with Crippen molar-refractivity contribution >= 4 is 22.5 Å². The zero-order chi connectivity index (χ0) is 15.1. The molecule has 0 aliphatic heterocycles. The second-order valence-corrected chi connectivity index (χ2v) is 5.90. The maximum atomic E-state index is 12.4. The van der Waals surface area contributed by atoms with Gasteiger partial charge in [0.05, 0.1) is 0 Å². The van der Waals surface area contributed by atoms with Crippen LogP contribution in [0.15, 0.2) is 42.5 Å². The van der Waals surface area contributed by atoms with Gasteiger partial charge in [-0.25, -0.2) is 0 Å². The molecule has 1 heterocycles. The van der Waals surface area contributed by atoms with Gasteiger partial charge in [0.2, 0.25) is 0 Å². The van der Waals surface area contributed by atoms with Crippen molar-refractivity contribution in [2.24, 2.45) is 0 Å². The van der Waals surface area contributed by atoms with Crippen molar-refractivity contribution in [3.05, 3.63) is 59.3 Å². The monoisotopic (exact) mass is 291 g/mol. The van der Waals surface area contributed by atoms with Gasteiger partial charge in [-0.15, -0.1) is 0 Å². The lowest BCUT2D eigenvalue weighted by atomic mass is 10.1. The first kappa shape index (κ1) is 13.1. The summed E-state index contributed by atoms with van der Waals surface area (Å²) in [4.78, 5) is 12.4. The molecule has 22 heavy (non-hydrogen) atoms. The summed E-state index contributed by atoms with van der Waals surface area (Å²) in [7, 11) is 0. The summed E-state index contributed by atoms with van der Waals surface area (Å²) in [5.41, 5.74) is 2.86. The number of anilines is 1. The zero-order valence-electron chi connectivity index (χ0n) is 12.4. The third-order valence-corrected chi connectivity index (χ3v) is 4.28. The first-order valence-electron chi connectivity index (χ1n) is 7.57. The molecule has 4 nitrogen and oxygen atoms in total. The van der Waals surface area contributed by atoms with Gasteiger partial charge in [-0.05, 0) is 42.7 Å². The van der Waals surface area contributed by atoms with Gasteiger partial charge in [-0.2, -0.15) is 5.10 Å². The number of fused-ring (bicyclic) bond motifs is 1.